The number of hydrogen-bond acceptors (Lipinski definition) is 3. The molecule has 0 saturated heterocycles. The van der Waals surface area contributed by atoms with Crippen molar-refractivity contribution in [1.82, 2.24) is 9.78 Å². The zero-order valence-corrected chi connectivity index (χ0v) is 12.7. The summed E-state index contributed by atoms with van der Waals surface area (Å²) < 4.78 is 6.90. The van der Waals surface area contributed by atoms with Crippen LogP contribution in [-0.2, 0) is 19.9 Å². The molecule has 0 atom stereocenters. The molecule has 0 radical (unpaired) electrons. The topological polar surface area (TPSA) is 56.1 Å². The van der Waals surface area contributed by atoms with E-state index in [1.54, 1.807) is 30.0 Å². The van der Waals surface area contributed by atoms with Crippen LogP contribution in [0.5, 0.6) is 5.75 Å². The number of nitrogens with zero attached hydrogens (tertiary/aromatic N) is 2. The average molecular weight is 306 g/mol. The van der Waals surface area contributed by atoms with Gasteiger partial charge in [-0.3, -0.25) is 9.48 Å². The molecule has 1 N–H and O–H groups in total. The van der Waals surface area contributed by atoms with Gasteiger partial charge in [-0.2, -0.15) is 5.10 Å². The first-order chi connectivity index (χ1) is 10.1. The van der Waals surface area contributed by atoms with Crippen LogP contribution in [0.4, 0.5) is 5.69 Å². The Morgan fingerprint density at radius 3 is 2.95 bits per heavy atom. The maximum atomic E-state index is 12.4. The van der Waals surface area contributed by atoms with Gasteiger partial charge in [0.1, 0.15) is 5.75 Å². The molecule has 1 amide bonds. The number of rotatable bonds is 3. The first kappa shape index (κ1) is 13.9. The fourth-order valence-corrected chi connectivity index (χ4v) is 2.99. The number of ether oxygens (including phenoxy) is 1. The lowest BCUT2D eigenvalue weighted by molar-refractivity contribution is 0.102. The van der Waals surface area contributed by atoms with E-state index in [1.165, 1.54) is 0 Å². The van der Waals surface area contributed by atoms with Gasteiger partial charge in [0.2, 0.25) is 0 Å². The predicted octanol–water partition coefficient (Wildman–Crippen LogP) is 2.82. The van der Waals surface area contributed by atoms with Crippen molar-refractivity contribution in [3.05, 3.63) is 40.2 Å². The molecular formula is C15H16ClN3O2. The van der Waals surface area contributed by atoms with E-state index in [-0.39, 0.29) is 5.91 Å². The van der Waals surface area contributed by atoms with Gasteiger partial charge in [0, 0.05) is 24.0 Å². The second-order valence-corrected chi connectivity index (χ2v) is 5.46. The fraction of sp³-hybridized carbons (Fsp3) is 0.333. The SMILES string of the molecule is COc1ccc(NC(=O)c2nn(C)c3c2CCC3)cc1Cl. The molecule has 2 aromatic rings. The summed E-state index contributed by atoms with van der Waals surface area (Å²) >= 11 is 6.06. The average Bonchev–Trinajstić information content (AvgIpc) is 3.03. The van der Waals surface area contributed by atoms with Gasteiger partial charge < -0.3 is 10.1 Å². The number of amides is 1. The minimum Gasteiger partial charge on any atom is -0.495 e. The Morgan fingerprint density at radius 1 is 1.43 bits per heavy atom. The molecule has 0 bridgehead atoms. The largest absolute Gasteiger partial charge is 0.495 e. The molecule has 6 heteroatoms. The third-order valence-corrected chi connectivity index (χ3v) is 4.04. The van der Waals surface area contributed by atoms with Crippen LogP contribution < -0.4 is 10.1 Å². The Balaban J connectivity index is 1.84. The van der Waals surface area contributed by atoms with E-state index in [0.717, 1.165) is 30.5 Å². The summed E-state index contributed by atoms with van der Waals surface area (Å²) in [5, 5.41) is 7.63. The van der Waals surface area contributed by atoms with Crippen LogP contribution in [0.3, 0.4) is 0 Å². The fourth-order valence-electron chi connectivity index (χ4n) is 2.73. The summed E-state index contributed by atoms with van der Waals surface area (Å²) in [6.45, 7) is 0. The number of aromatic nitrogens is 2. The highest BCUT2D eigenvalue weighted by molar-refractivity contribution is 6.32. The number of halogens is 1. The van der Waals surface area contributed by atoms with Crippen molar-refractivity contribution in [2.45, 2.75) is 19.3 Å². The summed E-state index contributed by atoms with van der Waals surface area (Å²) in [6.07, 6.45) is 2.98. The molecule has 1 heterocycles. The Bertz CT molecular complexity index is 709. The number of fused-ring (bicyclic) bond motifs is 1. The standard InChI is InChI=1S/C15H16ClN3O2/c1-19-12-5-3-4-10(12)14(18-19)15(20)17-9-6-7-13(21-2)11(16)8-9/h6-8H,3-5H2,1-2H3,(H,17,20). The molecule has 5 nitrogen and oxygen atoms in total. The highest BCUT2D eigenvalue weighted by Crippen LogP contribution is 2.28. The Labute approximate surface area is 127 Å². The van der Waals surface area contributed by atoms with Crippen LogP contribution in [0.25, 0.3) is 0 Å². The molecule has 1 aromatic carbocycles. The molecular weight excluding hydrogens is 290 g/mol. The first-order valence-electron chi connectivity index (χ1n) is 6.80. The van der Waals surface area contributed by atoms with Gasteiger partial charge in [-0.15, -0.1) is 0 Å². The Hall–Kier alpha value is -2.01. The van der Waals surface area contributed by atoms with Crippen molar-refractivity contribution in [2.75, 3.05) is 12.4 Å². The summed E-state index contributed by atoms with van der Waals surface area (Å²) in [4.78, 5) is 12.4. The summed E-state index contributed by atoms with van der Waals surface area (Å²) in [7, 11) is 3.43. The van der Waals surface area contributed by atoms with Gasteiger partial charge in [0.25, 0.3) is 5.91 Å². The van der Waals surface area contributed by atoms with Gasteiger partial charge in [0.05, 0.1) is 12.1 Å². The minimum atomic E-state index is -0.199. The number of methoxy groups -OCH3 is 1. The molecule has 0 spiro atoms. The van der Waals surface area contributed by atoms with Crippen molar-refractivity contribution in [1.29, 1.82) is 0 Å². The van der Waals surface area contributed by atoms with Gasteiger partial charge in [0.15, 0.2) is 5.69 Å². The molecule has 110 valence electrons. The minimum absolute atomic E-state index is 0.199. The lowest BCUT2D eigenvalue weighted by Crippen LogP contribution is -2.14. The number of carbonyl (C=O) groups excluding carboxylic acids is 1. The van der Waals surface area contributed by atoms with E-state index in [4.69, 9.17) is 16.3 Å². The van der Waals surface area contributed by atoms with Crippen LogP contribution in [0.1, 0.15) is 28.2 Å². The van der Waals surface area contributed by atoms with Crippen molar-refractivity contribution < 1.29 is 9.53 Å². The molecule has 3 rings (SSSR count). The Morgan fingerprint density at radius 2 is 2.24 bits per heavy atom. The van der Waals surface area contributed by atoms with E-state index in [9.17, 15) is 4.79 Å². The molecule has 21 heavy (non-hydrogen) atoms. The number of carbonyl (C=O) groups is 1. The van der Waals surface area contributed by atoms with Crippen molar-refractivity contribution in [3.8, 4) is 5.75 Å². The van der Waals surface area contributed by atoms with Crippen LogP contribution in [0.15, 0.2) is 18.2 Å². The van der Waals surface area contributed by atoms with E-state index in [2.05, 4.69) is 10.4 Å². The molecule has 0 unspecified atom stereocenters. The van der Waals surface area contributed by atoms with Crippen molar-refractivity contribution in [3.63, 3.8) is 0 Å². The molecule has 1 aliphatic carbocycles. The monoisotopic (exact) mass is 305 g/mol. The number of hydrogen-bond donors (Lipinski definition) is 1. The van der Waals surface area contributed by atoms with Gasteiger partial charge in [-0.1, -0.05) is 11.6 Å². The lowest BCUT2D eigenvalue weighted by Gasteiger charge is -2.07. The van der Waals surface area contributed by atoms with E-state index >= 15 is 0 Å². The van der Waals surface area contributed by atoms with Gasteiger partial charge >= 0.3 is 0 Å². The van der Waals surface area contributed by atoms with Crippen molar-refractivity contribution in [2.24, 2.45) is 7.05 Å². The van der Waals surface area contributed by atoms with E-state index < -0.39 is 0 Å². The molecule has 0 fully saturated rings. The van der Waals surface area contributed by atoms with E-state index in [1.807, 2.05) is 7.05 Å². The number of benzene rings is 1. The second-order valence-electron chi connectivity index (χ2n) is 5.05. The highest BCUT2D eigenvalue weighted by Gasteiger charge is 2.25. The molecule has 0 aliphatic heterocycles. The first-order valence-corrected chi connectivity index (χ1v) is 7.17. The summed E-state index contributed by atoms with van der Waals surface area (Å²) in [6, 6.07) is 5.15. The number of anilines is 1. The maximum absolute atomic E-state index is 12.4. The number of nitrogens with one attached hydrogen (secondary N) is 1. The van der Waals surface area contributed by atoms with Crippen LogP contribution in [-0.4, -0.2) is 22.8 Å². The van der Waals surface area contributed by atoms with Gasteiger partial charge in [-0.25, -0.2) is 0 Å². The summed E-state index contributed by atoms with van der Waals surface area (Å²) in [5.41, 5.74) is 3.36. The van der Waals surface area contributed by atoms with Crippen LogP contribution in [0.2, 0.25) is 5.02 Å². The molecule has 1 aromatic heterocycles. The van der Waals surface area contributed by atoms with Gasteiger partial charge in [-0.05, 0) is 37.5 Å². The highest BCUT2D eigenvalue weighted by atomic mass is 35.5. The van der Waals surface area contributed by atoms with E-state index in [0.29, 0.717) is 22.2 Å². The molecule has 0 saturated carbocycles. The van der Waals surface area contributed by atoms with Crippen molar-refractivity contribution >= 4 is 23.2 Å². The second kappa shape index (κ2) is 5.41. The van der Waals surface area contributed by atoms with Crippen LogP contribution in [0, 0.1) is 0 Å². The summed E-state index contributed by atoms with van der Waals surface area (Å²) in [5.74, 6) is 0.378. The smallest absolute Gasteiger partial charge is 0.276 e. The quantitative estimate of drug-likeness (QED) is 0.948. The zero-order chi connectivity index (χ0) is 15.0. The molecule has 1 aliphatic rings. The lowest BCUT2D eigenvalue weighted by atomic mass is 10.2. The van der Waals surface area contributed by atoms with Crippen LogP contribution >= 0.6 is 11.6 Å². The Kier molecular flexibility index (Phi) is 3.59. The third kappa shape index (κ3) is 2.49. The third-order valence-electron chi connectivity index (χ3n) is 3.74. The zero-order valence-electron chi connectivity index (χ0n) is 11.9. The normalized spacial score (nSPS) is 13.1. The number of aryl methyl sites for hydroxylation is 1. The predicted molar refractivity (Wildman–Crippen MR) is 81.2 cm³/mol. The maximum Gasteiger partial charge on any atom is 0.276 e.